The van der Waals surface area contributed by atoms with Crippen molar-refractivity contribution in [1.29, 1.82) is 0 Å². The molecule has 0 aromatic heterocycles. The van der Waals surface area contributed by atoms with Crippen LogP contribution in [0.4, 0.5) is 0 Å². The SMILES string of the molecule is C=C(C)C(O)Cc1c(O)cc(CCc2ccccc2)cc1O. The van der Waals surface area contributed by atoms with Crippen molar-refractivity contribution in [3.05, 3.63) is 71.3 Å². The van der Waals surface area contributed by atoms with E-state index in [1.54, 1.807) is 19.1 Å². The molecule has 2 aromatic carbocycles. The molecule has 0 heterocycles. The van der Waals surface area contributed by atoms with Gasteiger partial charge in [-0.3, -0.25) is 0 Å². The summed E-state index contributed by atoms with van der Waals surface area (Å²) in [6, 6.07) is 13.4. The molecule has 1 unspecified atom stereocenters. The maximum Gasteiger partial charge on any atom is 0.122 e. The summed E-state index contributed by atoms with van der Waals surface area (Å²) < 4.78 is 0. The molecule has 0 saturated heterocycles. The zero-order valence-electron chi connectivity index (χ0n) is 12.8. The lowest BCUT2D eigenvalue weighted by atomic mass is 9.97. The van der Waals surface area contributed by atoms with Gasteiger partial charge >= 0.3 is 0 Å². The van der Waals surface area contributed by atoms with Gasteiger partial charge < -0.3 is 15.3 Å². The second-order valence-electron chi connectivity index (χ2n) is 5.66. The number of hydrogen-bond donors (Lipinski definition) is 3. The summed E-state index contributed by atoms with van der Waals surface area (Å²) in [4.78, 5) is 0. The molecule has 0 aliphatic carbocycles. The highest BCUT2D eigenvalue weighted by atomic mass is 16.3. The van der Waals surface area contributed by atoms with Crippen molar-refractivity contribution in [2.75, 3.05) is 0 Å². The van der Waals surface area contributed by atoms with E-state index >= 15 is 0 Å². The van der Waals surface area contributed by atoms with Crippen molar-refractivity contribution in [3.8, 4) is 11.5 Å². The molecular formula is C19H22O3. The second-order valence-corrected chi connectivity index (χ2v) is 5.66. The summed E-state index contributed by atoms with van der Waals surface area (Å²) in [7, 11) is 0. The summed E-state index contributed by atoms with van der Waals surface area (Å²) in [6.45, 7) is 5.39. The van der Waals surface area contributed by atoms with Gasteiger partial charge in [-0.25, -0.2) is 0 Å². The molecule has 0 spiro atoms. The number of aliphatic hydroxyl groups excluding tert-OH is 1. The van der Waals surface area contributed by atoms with Crippen LogP contribution in [0.3, 0.4) is 0 Å². The van der Waals surface area contributed by atoms with Crippen LogP contribution in [0.25, 0.3) is 0 Å². The molecule has 2 rings (SSSR count). The highest BCUT2D eigenvalue weighted by Gasteiger charge is 2.15. The van der Waals surface area contributed by atoms with Gasteiger partial charge in [0.15, 0.2) is 0 Å². The van der Waals surface area contributed by atoms with Gasteiger partial charge in [0.25, 0.3) is 0 Å². The fourth-order valence-electron chi connectivity index (χ4n) is 2.35. The summed E-state index contributed by atoms with van der Waals surface area (Å²) >= 11 is 0. The highest BCUT2D eigenvalue weighted by Crippen LogP contribution is 2.31. The first-order valence-electron chi connectivity index (χ1n) is 7.38. The van der Waals surface area contributed by atoms with Crippen LogP contribution in [0.5, 0.6) is 11.5 Å². The smallest absolute Gasteiger partial charge is 0.122 e. The van der Waals surface area contributed by atoms with Crippen molar-refractivity contribution in [2.24, 2.45) is 0 Å². The van der Waals surface area contributed by atoms with E-state index in [0.29, 0.717) is 11.1 Å². The minimum Gasteiger partial charge on any atom is -0.508 e. The molecule has 0 radical (unpaired) electrons. The van der Waals surface area contributed by atoms with Crippen LogP contribution >= 0.6 is 0 Å². The van der Waals surface area contributed by atoms with Gasteiger partial charge in [0.2, 0.25) is 0 Å². The Morgan fingerprint density at radius 1 is 1.00 bits per heavy atom. The quantitative estimate of drug-likeness (QED) is 0.717. The largest absolute Gasteiger partial charge is 0.508 e. The molecule has 0 bridgehead atoms. The molecule has 0 saturated carbocycles. The van der Waals surface area contributed by atoms with E-state index in [9.17, 15) is 15.3 Å². The molecule has 116 valence electrons. The third-order valence-electron chi connectivity index (χ3n) is 3.77. The highest BCUT2D eigenvalue weighted by molar-refractivity contribution is 5.47. The Labute approximate surface area is 131 Å². The van der Waals surface area contributed by atoms with Crippen molar-refractivity contribution in [1.82, 2.24) is 0 Å². The normalized spacial score (nSPS) is 12.1. The lowest BCUT2D eigenvalue weighted by Gasteiger charge is -2.14. The van der Waals surface area contributed by atoms with E-state index in [0.717, 1.165) is 18.4 Å². The first-order valence-corrected chi connectivity index (χ1v) is 7.38. The van der Waals surface area contributed by atoms with Gasteiger partial charge in [0.05, 0.1) is 6.10 Å². The summed E-state index contributed by atoms with van der Waals surface area (Å²) in [5.74, 6) is 0.0340. The van der Waals surface area contributed by atoms with Crippen molar-refractivity contribution in [3.63, 3.8) is 0 Å². The Hall–Kier alpha value is -2.26. The maximum absolute atomic E-state index is 10.1. The lowest BCUT2D eigenvalue weighted by Crippen LogP contribution is -2.11. The molecule has 0 fully saturated rings. The van der Waals surface area contributed by atoms with Crippen LogP contribution in [-0.4, -0.2) is 21.4 Å². The zero-order chi connectivity index (χ0) is 16.1. The molecule has 3 N–H and O–H groups in total. The Morgan fingerprint density at radius 3 is 2.09 bits per heavy atom. The standard InChI is InChI=1S/C19H22O3/c1-13(2)17(20)12-16-18(21)10-15(11-19(16)22)9-8-14-6-4-3-5-7-14/h3-7,10-11,17,20-22H,1,8-9,12H2,2H3. The summed E-state index contributed by atoms with van der Waals surface area (Å²) in [5.41, 5.74) is 3.04. The molecule has 0 amide bonds. The van der Waals surface area contributed by atoms with E-state index in [-0.39, 0.29) is 17.9 Å². The van der Waals surface area contributed by atoms with Crippen molar-refractivity contribution in [2.45, 2.75) is 32.3 Å². The van der Waals surface area contributed by atoms with Crippen LogP contribution in [-0.2, 0) is 19.3 Å². The first-order chi connectivity index (χ1) is 10.5. The monoisotopic (exact) mass is 298 g/mol. The summed E-state index contributed by atoms with van der Waals surface area (Å²) in [6.07, 6.45) is 0.959. The van der Waals surface area contributed by atoms with E-state index in [2.05, 4.69) is 18.7 Å². The number of aromatic hydroxyl groups is 2. The summed E-state index contributed by atoms with van der Waals surface area (Å²) in [5, 5.41) is 30.0. The molecule has 3 nitrogen and oxygen atoms in total. The zero-order valence-corrected chi connectivity index (χ0v) is 12.8. The van der Waals surface area contributed by atoms with E-state index in [4.69, 9.17) is 0 Å². The molecule has 2 aromatic rings. The van der Waals surface area contributed by atoms with Crippen LogP contribution in [0.15, 0.2) is 54.6 Å². The molecule has 0 aliphatic rings. The molecule has 1 atom stereocenters. The average molecular weight is 298 g/mol. The molecule has 0 aliphatic heterocycles. The number of phenols is 2. The predicted octanol–water partition coefficient (Wildman–Crippen LogP) is 3.36. The molecular weight excluding hydrogens is 276 g/mol. The Morgan fingerprint density at radius 2 is 1.55 bits per heavy atom. The Kier molecular flexibility index (Phi) is 5.23. The van der Waals surface area contributed by atoms with Crippen molar-refractivity contribution >= 4 is 0 Å². The van der Waals surface area contributed by atoms with Gasteiger partial charge in [0, 0.05) is 12.0 Å². The van der Waals surface area contributed by atoms with Crippen LogP contribution in [0.1, 0.15) is 23.6 Å². The van der Waals surface area contributed by atoms with Crippen LogP contribution in [0.2, 0.25) is 0 Å². The minimum absolute atomic E-state index is 0.0170. The minimum atomic E-state index is -0.771. The fourth-order valence-corrected chi connectivity index (χ4v) is 2.35. The first kappa shape index (κ1) is 16.1. The van der Waals surface area contributed by atoms with Crippen LogP contribution in [0, 0.1) is 0 Å². The molecule has 3 heteroatoms. The van der Waals surface area contributed by atoms with Gasteiger partial charge in [-0.05, 0) is 43.0 Å². The number of phenolic OH excluding ortho intramolecular Hbond substituents is 2. The third-order valence-corrected chi connectivity index (χ3v) is 3.77. The van der Waals surface area contributed by atoms with Gasteiger partial charge in [-0.15, -0.1) is 0 Å². The van der Waals surface area contributed by atoms with Gasteiger partial charge in [0.1, 0.15) is 11.5 Å². The predicted molar refractivity (Wildman–Crippen MR) is 88.1 cm³/mol. The average Bonchev–Trinajstić information content (AvgIpc) is 2.49. The Balaban J connectivity index is 2.10. The number of benzene rings is 2. The number of aliphatic hydroxyl groups is 1. The van der Waals surface area contributed by atoms with Gasteiger partial charge in [-0.2, -0.15) is 0 Å². The number of hydrogen-bond acceptors (Lipinski definition) is 3. The Bertz CT molecular complexity index is 624. The maximum atomic E-state index is 10.1. The molecule has 22 heavy (non-hydrogen) atoms. The van der Waals surface area contributed by atoms with E-state index in [1.807, 2.05) is 18.2 Å². The van der Waals surface area contributed by atoms with Crippen molar-refractivity contribution < 1.29 is 15.3 Å². The van der Waals surface area contributed by atoms with E-state index < -0.39 is 6.10 Å². The lowest BCUT2D eigenvalue weighted by molar-refractivity contribution is 0.209. The third kappa shape index (κ3) is 4.12. The second kappa shape index (κ2) is 7.14. The van der Waals surface area contributed by atoms with Gasteiger partial charge in [-0.1, -0.05) is 42.5 Å². The van der Waals surface area contributed by atoms with Crippen LogP contribution < -0.4 is 0 Å². The fraction of sp³-hybridized carbons (Fsp3) is 0.263. The number of aryl methyl sites for hydroxylation is 2. The van der Waals surface area contributed by atoms with E-state index in [1.165, 1.54) is 5.56 Å². The topological polar surface area (TPSA) is 60.7 Å². The number of rotatable bonds is 6.